The second-order valence-corrected chi connectivity index (χ2v) is 3.97. The Morgan fingerprint density at radius 1 is 1.64 bits per heavy atom. The number of thiazole rings is 1. The van der Waals surface area contributed by atoms with Crippen LogP contribution in [0.1, 0.15) is 29.8 Å². The highest BCUT2D eigenvalue weighted by atomic mass is 32.1. The molecule has 0 atom stereocenters. The van der Waals surface area contributed by atoms with Crippen molar-refractivity contribution in [2.24, 2.45) is 0 Å². The summed E-state index contributed by atoms with van der Waals surface area (Å²) in [7, 11) is 1.56. The third kappa shape index (κ3) is 1.70. The fraction of sp³-hybridized carbons (Fsp3) is 0.400. The molecule has 1 aliphatic carbocycles. The standard InChI is InChI=1S/C10H11NO2S/c1-13-10-11-8(6-14-10)9(12)7-4-2-3-5-7/h4,6H,2-3,5H2,1H3. The van der Waals surface area contributed by atoms with Crippen LogP contribution in [-0.2, 0) is 0 Å². The van der Waals surface area contributed by atoms with Gasteiger partial charge in [0.1, 0.15) is 5.69 Å². The number of rotatable bonds is 3. The Kier molecular flexibility index (Phi) is 2.63. The minimum absolute atomic E-state index is 0.0575. The number of Topliss-reactive ketones (excluding diaryl/α,β-unsaturated/α-hetero) is 1. The quantitative estimate of drug-likeness (QED) is 0.718. The maximum atomic E-state index is 11.8. The molecule has 0 amide bonds. The molecule has 0 fully saturated rings. The molecule has 74 valence electrons. The second kappa shape index (κ2) is 3.92. The van der Waals surface area contributed by atoms with Gasteiger partial charge in [0.05, 0.1) is 7.11 Å². The lowest BCUT2D eigenvalue weighted by atomic mass is 10.1. The van der Waals surface area contributed by atoms with E-state index in [4.69, 9.17) is 4.74 Å². The van der Waals surface area contributed by atoms with Crippen molar-refractivity contribution in [2.45, 2.75) is 19.3 Å². The number of ketones is 1. The zero-order valence-electron chi connectivity index (χ0n) is 7.95. The van der Waals surface area contributed by atoms with E-state index in [1.54, 1.807) is 12.5 Å². The minimum Gasteiger partial charge on any atom is -0.473 e. The Bertz CT molecular complexity index is 381. The van der Waals surface area contributed by atoms with Crippen molar-refractivity contribution < 1.29 is 9.53 Å². The van der Waals surface area contributed by atoms with Crippen LogP contribution >= 0.6 is 11.3 Å². The number of methoxy groups -OCH3 is 1. The van der Waals surface area contributed by atoms with E-state index in [9.17, 15) is 4.79 Å². The number of ether oxygens (including phenoxy) is 1. The van der Waals surface area contributed by atoms with Crippen molar-refractivity contribution in [3.8, 4) is 5.19 Å². The van der Waals surface area contributed by atoms with Gasteiger partial charge in [-0.1, -0.05) is 17.4 Å². The Morgan fingerprint density at radius 2 is 2.50 bits per heavy atom. The highest BCUT2D eigenvalue weighted by Gasteiger charge is 2.18. The predicted molar refractivity (Wildman–Crippen MR) is 54.9 cm³/mol. The normalized spacial score (nSPS) is 15.4. The summed E-state index contributed by atoms with van der Waals surface area (Å²) in [5.41, 5.74) is 1.41. The molecule has 0 saturated heterocycles. The number of allylic oxidation sites excluding steroid dienone is 2. The largest absolute Gasteiger partial charge is 0.473 e. The number of nitrogens with zero attached hydrogens (tertiary/aromatic N) is 1. The molecule has 0 saturated carbocycles. The van der Waals surface area contributed by atoms with Gasteiger partial charge in [0.2, 0.25) is 5.78 Å². The number of hydrogen-bond donors (Lipinski definition) is 0. The molecule has 0 aliphatic heterocycles. The van der Waals surface area contributed by atoms with Crippen LogP contribution in [0.4, 0.5) is 0 Å². The summed E-state index contributed by atoms with van der Waals surface area (Å²) < 4.78 is 4.94. The molecule has 1 heterocycles. The zero-order valence-corrected chi connectivity index (χ0v) is 8.76. The molecule has 0 radical (unpaired) electrons. The smallest absolute Gasteiger partial charge is 0.273 e. The first-order valence-corrected chi connectivity index (χ1v) is 5.42. The van der Waals surface area contributed by atoms with Crippen LogP contribution in [-0.4, -0.2) is 17.9 Å². The van der Waals surface area contributed by atoms with Gasteiger partial charge in [-0.25, -0.2) is 0 Å². The van der Waals surface area contributed by atoms with Crippen LogP contribution in [0.15, 0.2) is 17.0 Å². The summed E-state index contributed by atoms with van der Waals surface area (Å²) in [4.78, 5) is 15.9. The molecular weight excluding hydrogens is 198 g/mol. The van der Waals surface area contributed by atoms with E-state index < -0.39 is 0 Å². The Morgan fingerprint density at radius 3 is 3.07 bits per heavy atom. The van der Waals surface area contributed by atoms with Gasteiger partial charge in [-0.15, -0.1) is 0 Å². The molecule has 2 rings (SSSR count). The maximum Gasteiger partial charge on any atom is 0.273 e. The molecule has 0 unspecified atom stereocenters. The zero-order chi connectivity index (χ0) is 9.97. The fourth-order valence-electron chi connectivity index (χ4n) is 1.50. The van der Waals surface area contributed by atoms with Gasteiger partial charge < -0.3 is 4.74 Å². The first kappa shape index (κ1) is 9.40. The van der Waals surface area contributed by atoms with Crippen molar-refractivity contribution in [3.63, 3.8) is 0 Å². The number of carbonyl (C=O) groups excluding carboxylic acids is 1. The number of carbonyl (C=O) groups is 1. The van der Waals surface area contributed by atoms with Crippen molar-refractivity contribution in [1.82, 2.24) is 4.98 Å². The molecule has 0 bridgehead atoms. The molecule has 0 spiro atoms. The Labute approximate surface area is 86.4 Å². The molecule has 1 aliphatic rings. The van der Waals surface area contributed by atoms with Gasteiger partial charge in [-0.2, -0.15) is 4.98 Å². The van der Waals surface area contributed by atoms with Crippen molar-refractivity contribution in [1.29, 1.82) is 0 Å². The molecular formula is C10H11NO2S. The van der Waals surface area contributed by atoms with Crippen LogP contribution in [0.3, 0.4) is 0 Å². The highest BCUT2D eigenvalue weighted by Crippen LogP contribution is 2.24. The molecule has 4 heteroatoms. The third-order valence-electron chi connectivity index (χ3n) is 2.22. The van der Waals surface area contributed by atoms with Crippen LogP contribution < -0.4 is 4.74 Å². The summed E-state index contributed by atoms with van der Waals surface area (Å²) in [5.74, 6) is 0.0575. The summed E-state index contributed by atoms with van der Waals surface area (Å²) >= 11 is 1.36. The average molecular weight is 209 g/mol. The van der Waals surface area contributed by atoms with E-state index >= 15 is 0 Å². The molecule has 0 N–H and O–H groups in total. The Balaban J connectivity index is 2.18. The second-order valence-electron chi connectivity index (χ2n) is 3.15. The lowest BCUT2D eigenvalue weighted by molar-refractivity contribution is 0.102. The maximum absolute atomic E-state index is 11.8. The lowest BCUT2D eigenvalue weighted by Gasteiger charge is -1.95. The molecule has 0 aromatic carbocycles. The average Bonchev–Trinajstić information content (AvgIpc) is 2.88. The van der Waals surface area contributed by atoms with Gasteiger partial charge in [0, 0.05) is 5.38 Å². The van der Waals surface area contributed by atoms with E-state index in [0.717, 1.165) is 24.8 Å². The molecule has 1 aromatic rings. The monoisotopic (exact) mass is 209 g/mol. The van der Waals surface area contributed by atoms with Gasteiger partial charge >= 0.3 is 0 Å². The SMILES string of the molecule is COc1nc(C(=O)C2=CCCC2)cs1. The van der Waals surface area contributed by atoms with E-state index in [1.165, 1.54) is 11.3 Å². The van der Waals surface area contributed by atoms with Gasteiger partial charge in [0.25, 0.3) is 5.19 Å². The predicted octanol–water partition coefficient (Wildman–Crippen LogP) is 2.44. The summed E-state index contributed by atoms with van der Waals surface area (Å²) in [6.45, 7) is 0. The van der Waals surface area contributed by atoms with E-state index in [0.29, 0.717) is 10.9 Å². The van der Waals surface area contributed by atoms with Gasteiger partial charge in [-0.3, -0.25) is 4.79 Å². The topological polar surface area (TPSA) is 39.2 Å². The lowest BCUT2D eigenvalue weighted by Crippen LogP contribution is -2.01. The van der Waals surface area contributed by atoms with Crippen molar-refractivity contribution in [3.05, 3.63) is 22.7 Å². The van der Waals surface area contributed by atoms with E-state index in [-0.39, 0.29) is 5.78 Å². The first-order valence-electron chi connectivity index (χ1n) is 4.54. The Hall–Kier alpha value is -1.16. The van der Waals surface area contributed by atoms with E-state index in [1.807, 2.05) is 6.08 Å². The molecule has 14 heavy (non-hydrogen) atoms. The van der Waals surface area contributed by atoms with E-state index in [2.05, 4.69) is 4.98 Å². The van der Waals surface area contributed by atoms with Crippen LogP contribution in [0.2, 0.25) is 0 Å². The first-order chi connectivity index (χ1) is 6.81. The molecule has 1 aromatic heterocycles. The van der Waals surface area contributed by atoms with Crippen molar-refractivity contribution >= 4 is 17.1 Å². The number of hydrogen-bond acceptors (Lipinski definition) is 4. The van der Waals surface area contributed by atoms with Crippen LogP contribution in [0.5, 0.6) is 5.19 Å². The van der Waals surface area contributed by atoms with Gasteiger partial charge in [0.15, 0.2) is 0 Å². The third-order valence-corrected chi connectivity index (χ3v) is 3.02. The number of aromatic nitrogens is 1. The molecule has 3 nitrogen and oxygen atoms in total. The van der Waals surface area contributed by atoms with Gasteiger partial charge in [-0.05, 0) is 24.8 Å². The van der Waals surface area contributed by atoms with Crippen LogP contribution in [0.25, 0.3) is 0 Å². The fourth-order valence-corrected chi connectivity index (χ4v) is 2.12. The highest BCUT2D eigenvalue weighted by molar-refractivity contribution is 7.11. The van der Waals surface area contributed by atoms with Crippen LogP contribution in [0, 0.1) is 0 Å². The summed E-state index contributed by atoms with van der Waals surface area (Å²) in [5, 5.41) is 2.30. The summed E-state index contributed by atoms with van der Waals surface area (Å²) in [6.07, 6.45) is 5.00. The van der Waals surface area contributed by atoms with Crippen molar-refractivity contribution in [2.75, 3.05) is 7.11 Å². The minimum atomic E-state index is 0.0575. The summed E-state index contributed by atoms with van der Waals surface area (Å²) in [6, 6.07) is 0.